The number of carbonyl (C=O) groups excluding carboxylic acids is 1. The van der Waals surface area contributed by atoms with Crippen LogP contribution < -0.4 is 0 Å². The van der Waals surface area contributed by atoms with Crippen molar-refractivity contribution in [3.05, 3.63) is 0 Å². The Morgan fingerprint density at radius 3 is 3.00 bits per heavy atom. The van der Waals surface area contributed by atoms with Crippen molar-refractivity contribution in [2.45, 2.75) is 26.2 Å². The Hall–Kier alpha value is -0.180. The first kappa shape index (κ1) is 9.90. The largest absolute Gasteiger partial charge is 0.333 e. The van der Waals surface area contributed by atoms with Crippen molar-refractivity contribution in [3.63, 3.8) is 0 Å². The number of hydrogen-bond acceptors (Lipinski definition) is 2. The second-order valence-corrected chi connectivity index (χ2v) is 4.12. The molecule has 1 unspecified atom stereocenters. The molecule has 0 aliphatic carbocycles. The van der Waals surface area contributed by atoms with Crippen molar-refractivity contribution < 1.29 is 4.79 Å². The smallest absolute Gasteiger partial charge is 0.281 e. The number of hydrogen-bond donors (Lipinski definition) is 0. The topological polar surface area (TPSA) is 20.3 Å². The number of carbonyl (C=O) groups is 1. The highest BCUT2D eigenvalue weighted by atomic mass is 32.2. The summed E-state index contributed by atoms with van der Waals surface area (Å²) < 4.78 is 0. The lowest BCUT2D eigenvalue weighted by atomic mass is 10.0. The first-order valence-corrected chi connectivity index (χ1v) is 5.83. The Balaban J connectivity index is 2.30. The second-order valence-electron chi connectivity index (χ2n) is 3.36. The van der Waals surface area contributed by atoms with Crippen LogP contribution in [0.1, 0.15) is 26.2 Å². The molecule has 1 aliphatic rings. The van der Waals surface area contributed by atoms with E-state index in [9.17, 15) is 4.79 Å². The third kappa shape index (κ3) is 2.41. The SMILES string of the molecule is CCCC1CCN(C(=O)SC)C1. The summed E-state index contributed by atoms with van der Waals surface area (Å²) in [6.45, 7) is 4.18. The molecule has 1 amide bonds. The molecule has 1 saturated heterocycles. The maximum absolute atomic E-state index is 11.3. The lowest BCUT2D eigenvalue weighted by Gasteiger charge is -2.14. The highest BCUT2D eigenvalue weighted by Crippen LogP contribution is 2.22. The summed E-state index contributed by atoms with van der Waals surface area (Å²) in [5, 5.41) is 0.244. The average Bonchev–Trinajstić information content (AvgIpc) is 2.52. The molecule has 0 radical (unpaired) electrons. The Kier molecular flexibility index (Phi) is 3.92. The highest BCUT2D eigenvalue weighted by Gasteiger charge is 2.24. The number of nitrogens with zero attached hydrogens (tertiary/aromatic N) is 1. The van der Waals surface area contributed by atoms with Gasteiger partial charge in [0.1, 0.15) is 0 Å². The number of thioether (sulfide) groups is 1. The molecule has 1 atom stereocenters. The number of amides is 1. The maximum atomic E-state index is 11.3. The van der Waals surface area contributed by atoms with Gasteiger partial charge in [0.05, 0.1) is 0 Å². The molecule has 0 aromatic carbocycles. The van der Waals surface area contributed by atoms with Crippen LogP contribution in [-0.4, -0.2) is 29.5 Å². The van der Waals surface area contributed by atoms with E-state index in [4.69, 9.17) is 0 Å². The van der Waals surface area contributed by atoms with E-state index in [0.717, 1.165) is 19.0 Å². The average molecular weight is 187 g/mol. The summed E-state index contributed by atoms with van der Waals surface area (Å²) in [6.07, 6.45) is 5.58. The first-order chi connectivity index (χ1) is 5.77. The molecule has 1 fully saturated rings. The van der Waals surface area contributed by atoms with E-state index in [1.807, 2.05) is 11.2 Å². The van der Waals surface area contributed by atoms with Crippen molar-refractivity contribution in [2.24, 2.45) is 5.92 Å². The zero-order valence-corrected chi connectivity index (χ0v) is 8.69. The van der Waals surface area contributed by atoms with Crippen LogP contribution in [0.4, 0.5) is 4.79 Å². The van der Waals surface area contributed by atoms with Crippen LogP contribution in [0, 0.1) is 5.92 Å². The minimum Gasteiger partial charge on any atom is -0.333 e. The third-order valence-corrected chi connectivity index (χ3v) is 3.02. The summed E-state index contributed by atoms with van der Waals surface area (Å²) in [6, 6.07) is 0. The van der Waals surface area contributed by atoms with E-state index in [1.165, 1.54) is 31.0 Å². The molecule has 70 valence electrons. The van der Waals surface area contributed by atoms with Gasteiger partial charge in [0.15, 0.2) is 0 Å². The van der Waals surface area contributed by atoms with Gasteiger partial charge in [0.2, 0.25) is 0 Å². The van der Waals surface area contributed by atoms with Gasteiger partial charge in [-0.3, -0.25) is 4.79 Å². The Bertz CT molecular complexity index is 161. The molecular formula is C9H17NOS. The summed E-state index contributed by atoms with van der Waals surface area (Å²) in [4.78, 5) is 13.2. The van der Waals surface area contributed by atoms with Gasteiger partial charge in [-0.2, -0.15) is 0 Å². The zero-order valence-electron chi connectivity index (χ0n) is 7.88. The van der Waals surface area contributed by atoms with Crippen molar-refractivity contribution in [2.75, 3.05) is 19.3 Å². The molecule has 2 nitrogen and oxygen atoms in total. The van der Waals surface area contributed by atoms with Crippen molar-refractivity contribution in [3.8, 4) is 0 Å². The molecule has 0 bridgehead atoms. The van der Waals surface area contributed by atoms with Crippen LogP contribution in [0.25, 0.3) is 0 Å². The molecule has 0 N–H and O–H groups in total. The fraction of sp³-hybridized carbons (Fsp3) is 0.889. The minimum atomic E-state index is 0.244. The van der Waals surface area contributed by atoms with Gasteiger partial charge < -0.3 is 4.90 Å². The zero-order chi connectivity index (χ0) is 8.97. The van der Waals surface area contributed by atoms with Gasteiger partial charge in [0, 0.05) is 13.1 Å². The van der Waals surface area contributed by atoms with E-state index in [1.54, 1.807) is 0 Å². The highest BCUT2D eigenvalue weighted by molar-refractivity contribution is 8.12. The van der Waals surface area contributed by atoms with Crippen molar-refractivity contribution in [1.82, 2.24) is 4.90 Å². The molecule has 0 aromatic rings. The molecule has 1 rings (SSSR count). The fourth-order valence-corrected chi connectivity index (χ4v) is 2.20. The monoisotopic (exact) mass is 187 g/mol. The minimum absolute atomic E-state index is 0.244. The molecule has 1 heterocycles. The van der Waals surface area contributed by atoms with Gasteiger partial charge in [-0.1, -0.05) is 25.1 Å². The third-order valence-electron chi connectivity index (χ3n) is 2.42. The summed E-state index contributed by atoms with van der Waals surface area (Å²) in [7, 11) is 0. The fourth-order valence-electron chi connectivity index (χ4n) is 1.77. The van der Waals surface area contributed by atoms with E-state index < -0.39 is 0 Å². The molecule has 3 heteroatoms. The van der Waals surface area contributed by atoms with Crippen molar-refractivity contribution in [1.29, 1.82) is 0 Å². The first-order valence-electron chi connectivity index (χ1n) is 4.60. The predicted molar refractivity (Wildman–Crippen MR) is 53.5 cm³/mol. The van der Waals surface area contributed by atoms with Crippen LogP contribution in [0.2, 0.25) is 0 Å². The maximum Gasteiger partial charge on any atom is 0.281 e. The number of likely N-dealkylation sites (tertiary alicyclic amines) is 1. The normalized spacial score (nSPS) is 23.2. The lowest BCUT2D eigenvalue weighted by Crippen LogP contribution is -2.24. The summed E-state index contributed by atoms with van der Waals surface area (Å²) in [5.74, 6) is 0.770. The van der Waals surface area contributed by atoms with Crippen LogP contribution in [0.5, 0.6) is 0 Å². The van der Waals surface area contributed by atoms with E-state index >= 15 is 0 Å². The van der Waals surface area contributed by atoms with Gasteiger partial charge in [-0.15, -0.1) is 0 Å². The van der Waals surface area contributed by atoms with Crippen LogP contribution >= 0.6 is 11.8 Å². The van der Waals surface area contributed by atoms with E-state index in [0.29, 0.717) is 0 Å². The van der Waals surface area contributed by atoms with E-state index in [-0.39, 0.29) is 5.24 Å². The van der Waals surface area contributed by atoms with Crippen LogP contribution in [0.3, 0.4) is 0 Å². The molecule has 0 spiro atoms. The Morgan fingerprint density at radius 1 is 1.67 bits per heavy atom. The molecule has 0 saturated carbocycles. The van der Waals surface area contributed by atoms with E-state index in [2.05, 4.69) is 6.92 Å². The Morgan fingerprint density at radius 2 is 2.42 bits per heavy atom. The molecule has 1 aliphatic heterocycles. The quantitative estimate of drug-likeness (QED) is 0.662. The lowest BCUT2D eigenvalue weighted by molar-refractivity contribution is 0.231. The summed E-state index contributed by atoms with van der Waals surface area (Å²) in [5.41, 5.74) is 0. The van der Waals surface area contributed by atoms with Gasteiger partial charge in [-0.25, -0.2) is 0 Å². The van der Waals surface area contributed by atoms with Gasteiger partial charge in [-0.05, 0) is 25.0 Å². The molecule has 12 heavy (non-hydrogen) atoms. The van der Waals surface area contributed by atoms with Crippen LogP contribution in [-0.2, 0) is 0 Å². The predicted octanol–water partition coefficient (Wildman–Crippen LogP) is 2.59. The van der Waals surface area contributed by atoms with Crippen molar-refractivity contribution >= 4 is 17.0 Å². The standard InChI is InChI=1S/C9H17NOS/c1-3-4-8-5-6-10(7-8)9(11)12-2/h8H,3-7H2,1-2H3. The van der Waals surface area contributed by atoms with Gasteiger partial charge in [0.25, 0.3) is 5.24 Å². The number of rotatable bonds is 2. The Labute approximate surface area is 78.7 Å². The van der Waals surface area contributed by atoms with Gasteiger partial charge >= 0.3 is 0 Å². The second kappa shape index (κ2) is 4.75. The summed E-state index contributed by atoms with van der Waals surface area (Å²) >= 11 is 1.33. The molecular weight excluding hydrogens is 170 g/mol. The molecule has 0 aromatic heterocycles. The van der Waals surface area contributed by atoms with Crippen LogP contribution in [0.15, 0.2) is 0 Å².